The fourth-order valence-corrected chi connectivity index (χ4v) is 0. The van der Waals surface area contributed by atoms with Crippen LogP contribution < -0.4 is 0 Å². The van der Waals surface area contributed by atoms with Crippen LogP contribution in [0.2, 0.25) is 0 Å². The molecule has 0 rings (SSSR count). The Morgan fingerprint density at radius 1 is 1.60 bits per heavy atom. The molecule has 0 spiro atoms. The van der Waals surface area contributed by atoms with Gasteiger partial charge in [-0.05, 0) is 15.9 Å². The Bertz CT molecular complexity index is 25.1. The van der Waals surface area contributed by atoms with Crippen LogP contribution in [0, 0.1) is 0 Å². The monoisotopic (exact) mass is 157 g/mol. The standard InChI is InChI=1S/CBrF2Si/c2-1(3,4)5. The SMILES string of the molecule is FC(F)([Si])Br. The van der Waals surface area contributed by atoms with E-state index in [1.165, 1.54) is 0 Å². The predicted molar refractivity (Wildman–Crippen MR) is 19.6 cm³/mol. The van der Waals surface area contributed by atoms with Crippen molar-refractivity contribution in [3.05, 3.63) is 0 Å². The second kappa shape index (κ2) is 1.34. The van der Waals surface area contributed by atoms with Crippen molar-refractivity contribution in [2.24, 2.45) is 0 Å². The molecule has 0 aromatic carbocycles. The quantitative estimate of drug-likeness (QED) is 0.365. The Morgan fingerprint density at radius 2 is 1.60 bits per heavy atom. The second-order valence-electron chi connectivity index (χ2n) is 0.498. The van der Waals surface area contributed by atoms with Crippen molar-refractivity contribution in [1.82, 2.24) is 0 Å². The third-order valence-electron chi connectivity index (χ3n) is 0. The molecular weight excluding hydrogens is 158 g/mol. The van der Waals surface area contributed by atoms with Crippen molar-refractivity contribution in [3.8, 4) is 0 Å². The summed E-state index contributed by atoms with van der Waals surface area (Å²) in [6.07, 6.45) is 0. The molecule has 0 fully saturated rings. The minimum absolute atomic E-state index is 1.96. The van der Waals surface area contributed by atoms with Gasteiger partial charge in [-0.2, -0.15) is 0 Å². The van der Waals surface area contributed by atoms with E-state index in [0.29, 0.717) is 0 Å². The molecule has 0 amide bonds. The minimum atomic E-state index is -2.88. The molecule has 0 atom stereocenters. The molecule has 0 aliphatic heterocycles. The number of alkyl halides is 3. The summed E-state index contributed by atoms with van der Waals surface area (Å²) in [4.78, 5) is 0. The Balaban J connectivity index is 3.02. The zero-order valence-corrected chi connectivity index (χ0v) is 4.72. The summed E-state index contributed by atoms with van der Waals surface area (Å²) in [5.74, 6) is 0. The summed E-state index contributed by atoms with van der Waals surface area (Å²) in [5, 5.41) is 0. The second-order valence-corrected chi connectivity index (χ2v) is 2.85. The van der Waals surface area contributed by atoms with Crippen LogP contribution in [0.3, 0.4) is 0 Å². The molecule has 5 heavy (non-hydrogen) atoms. The Kier molecular flexibility index (Phi) is 1.49. The summed E-state index contributed by atoms with van der Waals surface area (Å²) in [5.41, 5.74) is 0. The summed E-state index contributed by atoms with van der Waals surface area (Å²) >= 11 is 1.96. The third-order valence-corrected chi connectivity index (χ3v) is 0. The van der Waals surface area contributed by atoms with Gasteiger partial charge in [-0.1, -0.05) is 0 Å². The fraction of sp³-hybridized carbons (Fsp3) is 1.00. The summed E-state index contributed by atoms with van der Waals surface area (Å²) in [6, 6.07) is 0. The predicted octanol–water partition coefficient (Wildman–Crippen LogP) is 1.10. The van der Waals surface area contributed by atoms with Crippen molar-refractivity contribution >= 4 is 26.2 Å². The first-order chi connectivity index (χ1) is 2.00. The van der Waals surface area contributed by atoms with Gasteiger partial charge in [0.25, 0.3) is 4.46 Å². The molecule has 0 saturated heterocycles. The van der Waals surface area contributed by atoms with Gasteiger partial charge >= 0.3 is 0 Å². The van der Waals surface area contributed by atoms with Crippen LogP contribution in [0.15, 0.2) is 0 Å². The van der Waals surface area contributed by atoms with E-state index in [1.807, 2.05) is 26.2 Å². The average molecular weight is 158 g/mol. The molecule has 0 aliphatic carbocycles. The lowest BCUT2D eigenvalue weighted by atomic mass is 11.7. The van der Waals surface area contributed by atoms with E-state index in [4.69, 9.17) is 0 Å². The zero-order valence-electron chi connectivity index (χ0n) is 2.13. The van der Waals surface area contributed by atoms with Crippen molar-refractivity contribution in [1.29, 1.82) is 0 Å². The number of hydrogen-bond donors (Lipinski definition) is 0. The molecule has 29 valence electrons. The molecule has 0 aromatic heterocycles. The van der Waals surface area contributed by atoms with E-state index >= 15 is 0 Å². The molecule has 0 heterocycles. The highest BCUT2D eigenvalue weighted by atomic mass is 79.9. The lowest BCUT2D eigenvalue weighted by Crippen LogP contribution is -2.00. The van der Waals surface area contributed by atoms with Crippen LogP contribution >= 0.6 is 15.9 Å². The van der Waals surface area contributed by atoms with Gasteiger partial charge in [0.1, 0.15) is 10.2 Å². The van der Waals surface area contributed by atoms with E-state index < -0.39 is 4.46 Å². The molecule has 0 aromatic rings. The number of rotatable bonds is 0. The van der Waals surface area contributed by atoms with Crippen LogP contribution in [0.4, 0.5) is 8.78 Å². The van der Waals surface area contributed by atoms with Gasteiger partial charge in [-0.3, -0.25) is 0 Å². The molecule has 0 unspecified atom stereocenters. The smallest absolute Gasteiger partial charge is 0.200 e. The molecule has 0 nitrogen and oxygen atoms in total. The normalized spacial score (nSPS) is 12.0. The molecule has 3 radical (unpaired) electrons. The van der Waals surface area contributed by atoms with Crippen LogP contribution in [-0.4, -0.2) is 14.7 Å². The van der Waals surface area contributed by atoms with E-state index in [-0.39, 0.29) is 0 Å². The molecule has 0 aliphatic rings. The van der Waals surface area contributed by atoms with E-state index in [0.717, 1.165) is 0 Å². The highest BCUT2D eigenvalue weighted by molar-refractivity contribution is 9.10. The number of halogens is 3. The van der Waals surface area contributed by atoms with Crippen LogP contribution in [0.25, 0.3) is 0 Å². The van der Waals surface area contributed by atoms with E-state index in [1.54, 1.807) is 0 Å². The first-order valence-electron chi connectivity index (χ1n) is 0.817. The maximum absolute atomic E-state index is 10.9. The van der Waals surface area contributed by atoms with Crippen LogP contribution in [0.1, 0.15) is 0 Å². The van der Waals surface area contributed by atoms with Crippen molar-refractivity contribution in [2.45, 2.75) is 4.46 Å². The van der Waals surface area contributed by atoms with Gasteiger partial charge in [0.05, 0.1) is 0 Å². The Morgan fingerprint density at radius 3 is 1.60 bits per heavy atom. The first-order valence-corrected chi connectivity index (χ1v) is 2.11. The Hall–Kier alpha value is 0.557. The van der Waals surface area contributed by atoms with Crippen LogP contribution in [-0.2, 0) is 0 Å². The lowest BCUT2D eigenvalue weighted by molar-refractivity contribution is 0.211. The van der Waals surface area contributed by atoms with Gasteiger partial charge in [0, 0.05) is 0 Å². The maximum Gasteiger partial charge on any atom is 0.273 e. The largest absolute Gasteiger partial charge is 0.273 e. The first kappa shape index (κ1) is 5.56. The number of hydrogen-bond acceptors (Lipinski definition) is 0. The highest BCUT2D eigenvalue weighted by Crippen LogP contribution is 2.14. The van der Waals surface area contributed by atoms with Crippen LogP contribution in [0.5, 0.6) is 0 Å². The van der Waals surface area contributed by atoms with E-state index in [2.05, 4.69) is 0 Å². The topological polar surface area (TPSA) is 0 Å². The summed E-state index contributed by atoms with van der Waals surface area (Å²) in [6.45, 7) is 0. The molecule has 0 N–H and O–H groups in total. The molecule has 0 saturated carbocycles. The van der Waals surface area contributed by atoms with Crippen molar-refractivity contribution in [3.63, 3.8) is 0 Å². The Labute approximate surface area is 40.1 Å². The highest BCUT2D eigenvalue weighted by Gasteiger charge is 2.12. The van der Waals surface area contributed by atoms with Gasteiger partial charge in [-0.25, -0.2) is 8.78 Å². The molecule has 4 heteroatoms. The maximum atomic E-state index is 10.9. The van der Waals surface area contributed by atoms with Gasteiger partial charge in [0.2, 0.25) is 0 Å². The third kappa shape index (κ3) is 96.1. The molecule has 0 bridgehead atoms. The van der Waals surface area contributed by atoms with Crippen molar-refractivity contribution < 1.29 is 8.78 Å². The minimum Gasteiger partial charge on any atom is -0.200 e. The zero-order chi connectivity index (χ0) is 4.50. The van der Waals surface area contributed by atoms with Gasteiger partial charge in [0.15, 0.2) is 0 Å². The van der Waals surface area contributed by atoms with E-state index in [9.17, 15) is 8.78 Å². The summed E-state index contributed by atoms with van der Waals surface area (Å²) < 4.78 is 18.8. The lowest BCUT2D eigenvalue weighted by Gasteiger charge is -1.91. The van der Waals surface area contributed by atoms with Crippen molar-refractivity contribution in [2.75, 3.05) is 0 Å². The van der Waals surface area contributed by atoms with Gasteiger partial charge in [-0.15, -0.1) is 0 Å². The summed E-state index contributed by atoms with van der Waals surface area (Å²) in [7, 11) is 2.00. The fourth-order valence-electron chi connectivity index (χ4n) is 0. The molecular formula is CBrF2Si. The van der Waals surface area contributed by atoms with Gasteiger partial charge < -0.3 is 0 Å². The average Bonchev–Trinajstić information content (AvgIpc) is 0.722.